The summed E-state index contributed by atoms with van der Waals surface area (Å²) in [5.41, 5.74) is 1.46. The number of fused-ring (bicyclic) bond motifs is 1. The number of imidazole rings is 1. The van der Waals surface area contributed by atoms with Crippen LogP contribution in [0.5, 0.6) is 0 Å². The van der Waals surface area contributed by atoms with Gasteiger partial charge in [-0.25, -0.2) is 24.9 Å². The molecule has 7 nitrogen and oxygen atoms in total. The first kappa shape index (κ1) is 10.9. The van der Waals surface area contributed by atoms with Crippen molar-refractivity contribution in [3.63, 3.8) is 0 Å². The molecule has 0 saturated carbocycles. The summed E-state index contributed by atoms with van der Waals surface area (Å²) in [5, 5.41) is 4.50. The van der Waals surface area contributed by atoms with E-state index in [2.05, 4.69) is 35.2 Å². The molecule has 0 bridgehead atoms. The van der Waals surface area contributed by atoms with E-state index in [4.69, 9.17) is 0 Å². The molecule has 0 aliphatic rings. The lowest BCUT2D eigenvalue weighted by molar-refractivity contribution is 1.03. The first-order valence-electron chi connectivity index (χ1n) is 5.19. The number of aromatic amines is 1. The van der Waals surface area contributed by atoms with Crippen LogP contribution in [0.25, 0.3) is 11.2 Å². The van der Waals surface area contributed by atoms with E-state index in [9.17, 15) is 0 Å². The fourth-order valence-electron chi connectivity index (χ4n) is 1.44. The Morgan fingerprint density at radius 2 is 2.17 bits per heavy atom. The molecule has 3 aromatic heterocycles. The average Bonchev–Trinajstić information content (AvgIpc) is 2.88. The molecule has 0 aliphatic carbocycles. The lowest BCUT2D eigenvalue weighted by Crippen LogP contribution is -1.96. The average molecular weight is 259 g/mol. The third-order valence-corrected chi connectivity index (χ3v) is 3.18. The highest BCUT2D eigenvalue weighted by atomic mass is 32.2. The van der Waals surface area contributed by atoms with Gasteiger partial charge < -0.3 is 10.3 Å². The minimum Gasteiger partial charge on any atom is -0.357 e. The van der Waals surface area contributed by atoms with Crippen LogP contribution in [0.4, 0.5) is 5.95 Å². The Bertz CT molecular complexity index is 681. The van der Waals surface area contributed by atoms with Crippen LogP contribution < -0.4 is 5.32 Å². The Hall–Kier alpha value is -2.22. The lowest BCUT2D eigenvalue weighted by Gasteiger charge is -2.02. The van der Waals surface area contributed by atoms with Crippen molar-refractivity contribution < 1.29 is 0 Å². The molecular formula is C10H9N7S. The van der Waals surface area contributed by atoms with Gasteiger partial charge in [-0.3, -0.25) is 0 Å². The molecule has 0 fully saturated rings. The zero-order valence-electron chi connectivity index (χ0n) is 9.45. The first-order valence-corrected chi connectivity index (χ1v) is 6.01. The van der Waals surface area contributed by atoms with Crippen LogP contribution in [-0.2, 0) is 0 Å². The van der Waals surface area contributed by atoms with Crippen molar-refractivity contribution in [1.82, 2.24) is 29.9 Å². The van der Waals surface area contributed by atoms with Crippen LogP contribution in [0, 0.1) is 0 Å². The van der Waals surface area contributed by atoms with Gasteiger partial charge >= 0.3 is 0 Å². The van der Waals surface area contributed by atoms with Gasteiger partial charge in [-0.2, -0.15) is 0 Å². The van der Waals surface area contributed by atoms with Gasteiger partial charge in [0.05, 0.1) is 6.33 Å². The summed E-state index contributed by atoms with van der Waals surface area (Å²) in [4.78, 5) is 23.8. The number of hydrogen-bond acceptors (Lipinski definition) is 7. The van der Waals surface area contributed by atoms with E-state index in [1.54, 1.807) is 19.6 Å². The summed E-state index contributed by atoms with van der Waals surface area (Å²) in [6, 6.07) is 1.83. The molecule has 0 radical (unpaired) electrons. The Kier molecular flexibility index (Phi) is 2.77. The van der Waals surface area contributed by atoms with Crippen molar-refractivity contribution in [2.75, 3.05) is 12.4 Å². The third kappa shape index (κ3) is 1.97. The molecule has 3 rings (SSSR count). The summed E-state index contributed by atoms with van der Waals surface area (Å²) in [6.45, 7) is 0. The second-order valence-electron chi connectivity index (χ2n) is 3.35. The molecule has 0 aliphatic heterocycles. The highest BCUT2D eigenvalue weighted by molar-refractivity contribution is 7.99. The van der Waals surface area contributed by atoms with E-state index in [0.29, 0.717) is 11.6 Å². The van der Waals surface area contributed by atoms with Gasteiger partial charge in [-0.15, -0.1) is 0 Å². The molecule has 2 N–H and O–H groups in total. The van der Waals surface area contributed by atoms with E-state index in [1.807, 2.05) is 6.07 Å². The molecule has 3 aromatic rings. The predicted molar refractivity (Wildman–Crippen MR) is 67.4 cm³/mol. The lowest BCUT2D eigenvalue weighted by atomic mass is 10.6. The number of H-pyrrole nitrogens is 1. The second-order valence-corrected chi connectivity index (χ2v) is 4.36. The Morgan fingerprint density at radius 1 is 1.22 bits per heavy atom. The van der Waals surface area contributed by atoms with Crippen LogP contribution >= 0.6 is 11.8 Å². The molecule has 18 heavy (non-hydrogen) atoms. The number of rotatable bonds is 3. The van der Waals surface area contributed by atoms with E-state index in [0.717, 1.165) is 15.6 Å². The molecule has 0 unspecified atom stereocenters. The highest BCUT2D eigenvalue weighted by Crippen LogP contribution is 2.28. The minimum absolute atomic E-state index is 0.579. The van der Waals surface area contributed by atoms with Gasteiger partial charge in [-0.05, 0) is 17.8 Å². The molecule has 0 aromatic carbocycles. The number of hydrogen-bond donors (Lipinski definition) is 2. The number of aromatic nitrogens is 6. The molecule has 90 valence electrons. The standard InChI is InChI=1S/C10H9N7S/c1-11-10-12-3-2-6(17-10)18-9-7-8(14-4-13-7)15-5-16-9/h2-5H,1H3,(H,11,12,17)(H,13,14,15,16). The molecule has 3 heterocycles. The molecule has 0 saturated heterocycles. The van der Waals surface area contributed by atoms with Crippen molar-refractivity contribution in [2.45, 2.75) is 10.1 Å². The van der Waals surface area contributed by atoms with Crippen LogP contribution in [0.15, 0.2) is 35.0 Å². The largest absolute Gasteiger partial charge is 0.357 e. The molecule has 8 heteroatoms. The summed E-state index contributed by atoms with van der Waals surface area (Å²) in [5.74, 6) is 0.579. The van der Waals surface area contributed by atoms with Crippen LogP contribution in [0.2, 0.25) is 0 Å². The SMILES string of the molecule is CNc1nccc(Sc2ncnc3nc[nH]c23)n1. The zero-order chi connectivity index (χ0) is 12.4. The second kappa shape index (κ2) is 4.57. The molecule has 0 amide bonds. The Balaban J connectivity index is 1.98. The number of anilines is 1. The summed E-state index contributed by atoms with van der Waals surface area (Å²) >= 11 is 1.44. The Labute approximate surface area is 107 Å². The summed E-state index contributed by atoms with van der Waals surface area (Å²) < 4.78 is 0. The molecular weight excluding hydrogens is 250 g/mol. The minimum atomic E-state index is 0.579. The van der Waals surface area contributed by atoms with Gasteiger partial charge in [0.1, 0.15) is 21.9 Å². The van der Waals surface area contributed by atoms with E-state index in [-0.39, 0.29) is 0 Å². The van der Waals surface area contributed by atoms with Crippen molar-refractivity contribution in [2.24, 2.45) is 0 Å². The van der Waals surface area contributed by atoms with Gasteiger partial charge in [0.15, 0.2) is 5.65 Å². The maximum atomic E-state index is 4.32. The number of nitrogens with one attached hydrogen (secondary N) is 2. The van der Waals surface area contributed by atoms with Gasteiger partial charge in [0, 0.05) is 13.2 Å². The van der Waals surface area contributed by atoms with Gasteiger partial charge in [0.2, 0.25) is 5.95 Å². The number of nitrogens with zero attached hydrogens (tertiary/aromatic N) is 5. The van der Waals surface area contributed by atoms with E-state index < -0.39 is 0 Å². The van der Waals surface area contributed by atoms with E-state index in [1.165, 1.54) is 18.1 Å². The van der Waals surface area contributed by atoms with Crippen molar-refractivity contribution >= 4 is 28.9 Å². The fraction of sp³-hybridized carbons (Fsp3) is 0.100. The monoisotopic (exact) mass is 259 g/mol. The maximum absolute atomic E-state index is 4.32. The highest BCUT2D eigenvalue weighted by Gasteiger charge is 2.08. The third-order valence-electron chi connectivity index (χ3n) is 2.24. The van der Waals surface area contributed by atoms with Crippen LogP contribution in [0.3, 0.4) is 0 Å². The molecule has 0 atom stereocenters. The first-order chi connectivity index (χ1) is 8.86. The van der Waals surface area contributed by atoms with Crippen LogP contribution in [-0.4, -0.2) is 37.0 Å². The normalized spacial score (nSPS) is 10.7. The van der Waals surface area contributed by atoms with Gasteiger partial charge in [-0.1, -0.05) is 0 Å². The van der Waals surface area contributed by atoms with Crippen LogP contribution in [0.1, 0.15) is 0 Å². The smallest absolute Gasteiger partial charge is 0.223 e. The zero-order valence-corrected chi connectivity index (χ0v) is 10.3. The van der Waals surface area contributed by atoms with Gasteiger partial charge in [0.25, 0.3) is 0 Å². The van der Waals surface area contributed by atoms with Crippen molar-refractivity contribution in [3.8, 4) is 0 Å². The summed E-state index contributed by atoms with van der Waals surface area (Å²) in [6.07, 6.45) is 4.79. The maximum Gasteiger partial charge on any atom is 0.223 e. The topological polar surface area (TPSA) is 92.3 Å². The molecule has 0 spiro atoms. The predicted octanol–water partition coefficient (Wildman–Crippen LogP) is 1.34. The Morgan fingerprint density at radius 3 is 3.06 bits per heavy atom. The van der Waals surface area contributed by atoms with Crippen molar-refractivity contribution in [3.05, 3.63) is 24.9 Å². The summed E-state index contributed by atoms with van der Waals surface area (Å²) in [7, 11) is 1.78. The fourth-order valence-corrected chi connectivity index (χ4v) is 2.25. The van der Waals surface area contributed by atoms with E-state index >= 15 is 0 Å². The van der Waals surface area contributed by atoms with Crippen molar-refractivity contribution in [1.29, 1.82) is 0 Å². The quantitative estimate of drug-likeness (QED) is 0.685.